The van der Waals surface area contributed by atoms with Gasteiger partial charge in [-0.1, -0.05) is 47.6 Å². The molecule has 5 rings (SSSR count). The molecule has 0 radical (unpaired) electrons. The molecule has 9 atom stereocenters. The van der Waals surface area contributed by atoms with Gasteiger partial charge in [0.1, 0.15) is 11.9 Å². The second-order valence-corrected chi connectivity index (χ2v) is 14.9. The van der Waals surface area contributed by atoms with Crippen molar-refractivity contribution in [1.29, 1.82) is 5.26 Å². The Kier molecular flexibility index (Phi) is 5.59. The minimum atomic E-state index is -0.310. The third-order valence-electron chi connectivity index (χ3n) is 12.8. The van der Waals surface area contributed by atoms with E-state index in [0.29, 0.717) is 17.8 Å². The fourth-order valence-electron chi connectivity index (χ4n) is 10.2. The number of nitriles is 1. The third-order valence-corrected chi connectivity index (χ3v) is 12.8. The number of ketones is 2. The van der Waals surface area contributed by atoms with Crippen LogP contribution in [0.4, 0.5) is 0 Å². The van der Waals surface area contributed by atoms with Crippen molar-refractivity contribution in [2.75, 3.05) is 6.61 Å². The van der Waals surface area contributed by atoms with Crippen LogP contribution < -0.4 is 0 Å². The largest absolute Gasteiger partial charge is 0.396 e. The lowest BCUT2D eigenvalue weighted by atomic mass is 9.41. The standard InChI is InChI=1S/C31H45NO3/c1-19-22-7-8-28(4)15-21(29(22,5)14-20(17-32)26(19)35)13-24(34)25-23-16-27(2,3)9-11-31(23,18-33)12-10-30(25,28)6/h14,19,21-23,25,33H,7-13,15-16,18H2,1-6H3/t19-,21-,22-,23?,25?,28+,29+,30+,31+/m0/s1. The first-order chi connectivity index (χ1) is 16.3. The van der Waals surface area contributed by atoms with E-state index < -0.39 is 0 Å². The van der Waals surface area contributed by atoms with Crippen molar-refractivity contribution >= 4 is 11.6 Å². The Morgan fingerprint density at radius 1 is 1.00 bits per heavy atom. The van der Waals surface area contributed by atoms with Crippen LogP contribution in [0, 0.1) is 68.0 Å². The van der Waals surface area contributed by atoms with Crippen LogP contribution in [0.2, 0.25) is 0 Å². The van der Waals surface area contributed by atoms with E-state index in [1.807, 2.05) is 13.0 Å². The molecule has 2 unspecified atom stereocenters. The Morgan fingerprint density at radius 3 is 2.34 bits per heavy atom. The molecular formula is C31H45NO3. The second-order valence-electron chi connectivity index (χ2n) is 14.9. The zero-order valence-electron chi connectivity index (χ0n) is 22.7. The van der Waals surface area contributed by atoms with Crippen LogP contribution >= 0.6 is 0 Å². The molecule has 192 valence electrons. The van der Waals surface area contributed by atoms with Gasteiger partial charge in [0.2, 0.25) is 0 Å². The summed E-state index contributed by atoms with van der Waals surface area (Å²) in [7, 11) is 0. The van der Waals surface area contributed by atoms with Gasteiger partial charge in [-0.3, -0.25) is 9.59 Å². The second kappa shape index (κ2) is 7.77. The summed E-state index contributed by atoms with van der Waals surface area (Å²) >= 11 is 0. The Bertz CT molecular complexity index is 1020. The quantitative estimate of drug-likeness (QED) is 0.480. The maximum Gasteiger partial charge on any atom is 0.176 e. The van der Waals surface area contributed by atoms with Gasteiger partial charge in [0, 0.05) is 24.9 Å². The zero-order valence-corrected chi connectivity index (χ0v) is 22.7. The summed E-state index contributed by atoms with van der Waals surface area (Å²) in [5.41, 5.74) is -0.0343. The van der Waals surface area contributed by atoms with Gasteiger partial charge in [-0.2, -0.15) is 5.26 Å². The van der Waals surface area contributed by atoms with E-state index in [1.54, 1.807) is 0 Å². The number of nitrogens with zero attached hydrogens (tertiary/aromatic N) is 1. The van der Waals surface area contributed by atoms with Gasteiger partial charge in [-0.05, 0) is 96.2 Å². The summed E-state index contributed by atoms with van der Waals surface area (Å²) in [6.45, 7) is 14.0. The number of aliphatic hydroxyl groups is 1. The Hall–Kier alpha value is -1.47. The minimum Gasteiger partial charge on any atom is -0.396 e. The Morgan fingerprint density at radius 2 is 1.69 bits per heavy atom. The van der Waals surface area contributed by atoms with Gasteiger partial charge in [0.25, 0.3) is 0 Å². The van der Waals surface area contributed by atoms with E-state index in [0.717, 1.165) is 51.4 Å². The Labute approximate surface area is 211 Å². The van der Waals surface area contributed by atoms with Crippen LogP contribution in [0.15, 0.2) is 11.6 Å². The summed E-state index contributed by atoms with van der Waals surface area (Å²) in [6, 6.07) is 2.19. The van der Waals surface area contributed by atoms with Crippen LogP contribution in [0.3, 0.4) is 0 Å². The smallest absolute Gasteiger partial charge is 0.176 e. The molecule has 5 aliphatic carbocycles. The van der Waals surface area contributed by atoms with Gasteiger partial charge in [0.05, 0.1) is 5.57 Å². The van der Waals surface area contributed by atoms with Crippen molar-refractivity contribution in [3.8, 4) is 6.07 Å². The highest BCUT2D eigenvalue weighted by molar-refractivity contribution is 6.01. The highest BCUT2D eigenvalue weighted by atomic mass is 16.3. The first kappa shape index (κ1) is 25.2. The van der Waals surface area contributed by atoms with E-state index in [9.17, 15) is 20.0 Å². The number of carbonyl (C=O) groups is 2. The highest BCUT2D eigenvalue weighted by Crippen LogP contribution is 2.71. The normalized spacial score (nSPS) is 51.0. The molecule has 1 N–H and O–H groups in total. The van der Waals surface area contributed by atoms with E-state index in [-0.39, 0.29) is 69.1 Å². The molecule has 5 aliphatic rings. The van der Waals surface area contributed by atoms with Gasteiger partial charge < -0.3 is 5.11 Å². The third kappa shape index (κ3) is 3.32. The summed E-state index contributed by atoms with van der Waals surface area (Å²) in [4.78, 5) is 27.4. The molecule has 0 amide bonds. The molecule has 0 aromatic heterocycles. The highest BCUT2D eigenvalue weighted by Gasteiger charge is 2.66. The van der Waals surface area contributed by atoms with Crippen LogP contribution in [0.1, 0.15) is 99.3 Å². The molecule has 4 nitrogen and oxygen atoms in total. The maximum atomic E-state index is 14.5. The lowest BCUT2D eigenvalue weighted by Gasteiger charge is -2.63. The van der Waals surface area contributed by atoms with Crippen molar-refractivity contribution < 1.29 is 14.7 Å². The molecule has 0 heterocycles. The SMILES string of the molecule is C[C@@H]1C(=O)C(C#N)=C[C@]2(C)[C@H]3CC(=O)C4C5CC(C)(C)CC[C@]5(CO)CC[C@@]4(C)[C@](C)(CC[C@@H]12)C3. The number of allylic oxidation sites excluding steroid dienone is 2. The molecule has 0 aliphatic heterocycles. The average molecular weight is 480 g/mol. The molecule has 4 saturated carbocycles. The monoisotopic (exact) mass is 479 g/mol. The molecule has 0 saturated heterocycles. The lowest BCUT2D eigenvalue weighted by Crippen LogP contribution is -2.59. The van der Waals surface area contributed by atoms with Crippen LogP contribution in [0.5, 0.6) is 0 Å². The number of aliphatic hydroxyl groups excluding tert-OH is 1. The van der Waals surface area contributed by atoms with Crippen molar-refractivity contribution in [2.24, 2.45) is 56.7 Å². The first-order valence-corrected chi connectivity index (χ1v) is 14.1. The van der Waals surface area contributed by atoms with Crippen molar-refractivity contribution in [3.05, 3.63) is 11.6 Å². The molecular weight excluding hydrogens is 434 g/mol. The van der Waals surface area contributed by atoms with Crippen LogP contribution in [-0.4, -0.2) is 23.3 Å². The fraction of sp³-hybridized carbons (Fsp3) is 0.839. The molecule has 2 bridgehead atoms. The van der Waals surface area contributed by atoms with Gasteiger partial charge in [-0.25, -0.2) is 0 Å². The molecule has 0 spiro atoms. The summed E-state index contributed by atoms with van der Waals surface area (Å²) < 4.78 is 0. The van der Waals surface area contributed by atoms with Crippen molar-refractivity contribution in [3.63, 3.8) is 0 Å². The number of carbonyl (C=O) groups excluding carboxylic acids is 2. The van der Waals surface area contributed by atoms with E-state index in [1.165, 1.54) is 0 Å². The van der Waals surface area contributed by atoms with Crippen molar-refractivity contribution in [2.45, 2.75) is 99.3 Å². The molecule has 0 aromatic carbocycles. The first-order valence-electron chi connectivity index (χ1n) is 14.1. The lowest BCUT2D eigenvalue weighted by molar-refractivity contribution is -0.171. The van der Waals surface area contributed by atoms with Crippen LogP contribution in [-0.2, 0) is 9.59 Å². The van der Waals surface area contributed by atoms with Crippen molar-refractivity contribution in [1.82, 2.24) is 0 Å². The molecule has 4 fully saturated rings. The van der Waals surface area contributed by atoms with Gasteiger partial charge >= 0.3 is 0 Å². The van der Waals surface area contributed by atoms with E-state index in [2.05, 4.69) is 40.7 Å². The minimum absolute atomic E-state index is 0.00145. The Balaban J connectivity index is 1.64. The number of hydrogen-bond donors (Lipinski definition) is 1. The number of Topliss-reactive ketones (excluding diaryl/α,β-unsaturated/α-hetero) is 2. The van der Waals surface area contributed by atoms with E-state index >= 15 is 0 Å². The zero-order chi connectivity index (χ0) is 25.6. The summed E-state index contributed by atoms with van der Waals surface area (Å²) in [5, 5.41) is 20.4. The number of hydrogen-bond acceptors (Lipinski definition) is 4. The average Bonchev–Trinajstić information content (AvgIpc) is 2.96. The predicted octanol–water partition coefficient (Wildman–Crippen LogP) is 6.28. The number of fused-ring (bicyclic) bond motifs is 8. The summed E-state index contributed by atoms with van der Waals surface area (Å²) in [6.07, 6.45) is 10.7. The topological polar surface area (TPSA) is 78.2 Å². The molecule has 4 heteroatoms. The van der Waals surface area contributed by atoms with Gasteiger partial charge in [-0.15, -0.1) is 0 Å². The number of rotatable bonds is 1. The fourth-order valence-corrected chi connectivity index (χ4v) is 10.2. The maximum absolute atomic E-state index is 14.5. The van der Waals surface area contributed by atoms with Crippen LogP contribution in [0.25, 0.3) is 0 Å². The molecule has 35 heavy (non-hydrogen) atoms. The van der Waals surface area contributed by atoms with E-state index in [4.69, 9.17) is 0 Å². The van der Waals surface area contributed by atoms with Gasteiger partial charge in [0.15, 0.2) is 5.78 Å². The predicted molar refractivity (Wildman–Crippen MR) is 136 cm³/mol. The summed E-state index contributed by atoms with van der Waals surface area (Å²) in [5.74, 6) is 0.755. The molecule has 0 aromatic rings.